The predicted molar refractivity (Wildman–Crippen MR) is 68.7 cm³/mol. The van der Waals surface area contributed by atoms with Crippen molar-refractivity contribution >= 4 is 19.7 Å². The van der Waals surface area contributed by atoms with Crippen LogP contribution in [-0.2, 0) is 26.1 Å². The second-order valence-electron chi connectivity index (χ2n) is 3.61. The first-order valence-electron chi connectivity index (χ1n) is 5.06. The summed E-state index contributed by atoms with van der Waals surface area (Å²) >= 11 is 0. The van der Waals surface area contributed by atoms with E-state index in [1.807, 2.05) is 0 Å². The fourth-order valence-electron chi connectivity index (χ4n) is 1.65. The number of halogens is 1. The first-order chi connectivity index (χ1) is 8.41. The molecular formula is C11H15ClO5S. The summed E-state index contributed by atoms with van der Waals surface area (Å²) in [6, 6.07) is 3.40. The van der Waals surface area contributed by atoms with Gasteiger partial charge < -0.3 is 14.2 Å². The number of hydrogen-bond acceptors (Lipinski definition) is 5. The van der Waals surface area contributed by atoms with E-state index in [9.17, 15) is 8.42 Å². The lowest BCUT2D eigenvalue weighted by Gasteiger charge is -2.14. The summed E-state index contributed by atoms with van der Waals surface area (Å²) in [5.74, 6) is 0.481. The average Bonchev–Trinajstić information content (AvgIpc) is 2.26. The molecule has 0 aliphatic heterocycles. The molecule has 0 saturated carbocycles. The van der Waals surface area contributed by atoms with Gasteiger partial charge in [-0.1, -0.05) is 0 Å². The third-order valence-corrected chi connectivity index (χ3v) is 3.24. The second-order valence-corrected chi connectivity index (χ2v) is 6.38. The van der Waals surface area contributed by atoms with Crippen molar-refractivity contribution in [2.75, 3.05) is 21.3 Å². The maximum atomic E-state index is 11.2. The van der Waals surface area contributed by atoms with Crippen LogP contribution in [0.3, 0.4) is 0 Å². The number of benzene rings is 1. The third kappa shape index (κ3) is 4.04. The summed E-state index contributed by atoms with van der Waals surface area (Å²) in [5, 5.41) is 0. The fraction of sp³-hybridized carbons (Fsp3) is 0.455. The van der Waals surface area contributed by atoms with Crippen LogP contribution in [0.2, 0.25) is 0 Å². The first kappa shape index (κ1) is 15.1. The van der Waals surface area contributed by atoms with Gasteiger partial charge in [0.2, 0.25) is 9.05 Å². The van der Waals surface area contributed by atoms with Crippen molar-refractivity contribution in [3.05, 3.63) is 23.3 Å². The highest BCUT2D eigenvalue weighted by Crippen LogP contribution is 2.34. The van der Waals surface area contributed by atoms with Gasteiger partial charge in [0.15, 0.2) is 11.5 Å². The Hall–Kier alpha value is -0.980. The fourth-order valence-corrected chi connectivity index (χ4v) is 2.59. The molecule has 1 aromatic rings. The summed E-state index contributed by atoms with van der Waals surface area (Å²) in [5.41, 5.74) is 1.23. The van der Waals surface area contributed by atoms with Gasteiger partial charge in [0.1, 0.15) is 0 Å². The monoisotopic (exact) mass is 294 g/mol. The van der Waals surface area contributed by atoms with Gasteiger partial charge in [0, 0.05) is 23.4 Å². The highest BCUT2D eigenvalue weighted by molar-refractivity contribution is 8.13. The summed E-state index contributed by atoms with van der Waals surface area (Å²) in [7, 11) is 6.07. The van der Waals surface area contributed by atoms with Crippen LogP contribution >= 0.6 is 10.7 Å². The third-order valence-electron chi connectivity index (χ3n) is 2.25. The van der Waals surface area contributed by atoms with Crippen molar-refractivity contribution in [2.24, 2.45) is 0 Å². The van der Waals surface area contributed by atoms with Gasteiger partial charge in [-0.15, -0.1) is 0 Å². The molecule has 0 aromatic heterocycles. The SMILES string of the molecule is COCc1cc(CS(=O)(=O)Cl)c(OC)c(OC)c1. The molecule has 0 aliphatic carbocycles. The number of hydrogen-bond donors (Lipinski definition) is 0. The zero-order valence-corrected chi connectivity index (χ0v) is 12.0. The van der Waals surface area contributed by atoms with Gasteiger partial charge in [-0.3, -0.25) is 0 Å². The van der Waals surface area contributed by atoms with Crippen LogP contribution in [0.25, 0.3) is 0 Å². The average molecular weight is 295 g/mol. The summed E-state index contributed by atoms with van der Waals surface area (Å²) in [6.07, 6.45) is 0. The van der Waals surface area contributed by atoms with E-state index in [4.69, 9.17) is 24.9 Å². The molecule has 1 rings (SSSR count). The largest absolute Gasteiger partial charge is 0.493 e. The zero-order valence-electron chi connectivity index (χ0n) is 10.4. The first-order valence-corrected chi connectivity index (χ1v) is 7.54. The van der Waals surface area contributed by atoms with E-state index in [1.54, 1.807) is 19.2 Å². The highest BCUT2D eigenvalue weighted by Gasteiger charge is 2.17. The Balaban J connectivity index is 3.30. The van der Waals surface area contributed by atoms with Crippen LogP contribution in [-0.4, -0.2) is 29.7 Å². The van der Waals surface area contributed by atoms with Crippen molar-refractivity contribution in [1.29, 1.82) is 0 Å². The maximum Gasteiger partial charge on any atom is 0.236 e. The minimum Gasteiger partial charge on any atom is -0.493 e. The molecule has 102 valence electrons. The van der Waals surface area contributed by atoms with Gasteiger partial charge in [0.05, 0.1) is 26.6 Å². The second kappa shape index (κ2) is 6.26. The lowest BCUT2D eigenvalue weighted by atomic mass is 10.1. The van der Waals surface area contributed by atoms with E-state index in [2.05, 4.69) is 0 Å². The highest BCUT2D eigenvalue weighted by atomic mass is 35.7. The lowest BCUT2D eigenvalue weighted by molar-refractivity contribution is 0.184. The zero-order chi connectivity index (χ0) is 13.8. The summed E-state index contributed by atoms with van der Waals surface area (Å²) in [6.45, 7) is 0.343. The molecule has 0 heterocycles. The Bertz CT molecular complexity index is 512. The van der Waals surface area contributed by atoms with Crippen LogP contribution in [0.1, 0.15) is 11.1 Å². The Morgan fingerprint density at radius 3 is 2.28 bits per heavy atom. The van der Waals surface area contributed by atoms with E-state index in [1.165, 1.54) is 14.2 Å². The topological polar surface area (TPSA) is 61.8 Å². The van der Waals surface area contributed by atoms with Crippen LogP contribution < -0.4 is 9.47 Å². The Morgan fingerprint density at radius 2 is 1.83 bits per heavy atom. The van der Waals surface area contributed by atoms with Crippen molar-refractivity contribution < 1.29 is 22.6 Å². The van der Waals surface area contributed by atoms with E-state index < -0.39 is 9.05 Å². The predicted octanol–water partition coefficient (Wildman–Crippen LogP) is 1.92. The molecule has 0 atom stereocenters. The number of ether oxygens (including phenoxy) is 3. The molecule has 0 aliphatic rings. The quantitative estimate of drug-likeness (QED) is 0.750. The van der Waals surface area contributed by atoms with Crippen LogP contribution in [0.15, 0.2) is 12.1 Å². The van der Waals surface area contributed by atoms with Crippen molar-refractivity contribution in [2.45, 2.75) is 12.4 Å². The van der Waals surface area contributed by atoms with E-state index in [0.29, 0.717) is 23.7 Å². The van der Waals surface area contributed by atoms with Crippen LogP contribution in [0, 0.1) is 0 Å². The molecule has 0 bridgehead atoms. The molecule has 0 fully saturated rings. The Kier molecular flexibility index (Phi) is 5.25. The lowest BCUT2D eigenvalue weighted by Crippen LogP contribution is -2.03. The molecule has 18 heavy (non-hydrogen) atoms. The molecular weight excluding hydrogens is 280 g/mol. The van der Waals surface area contributed by atoms with Gasteiger partial charge >= 0.3 is 0 Å². The summed E-state index contributed by atoms with van der Waals surface area (Å²) < 4.78 is 37.7. The molecule has 0 spiro atoms. The minimum absolute atomic E-state index is 0.328. The smallest absolute Gasteiger partial charge is 0.236 e. The van der Waals surface area contributed by atoms with Crippen molar-refractivity contribution in [3.63, 3.8) is 0 Å². The van der Waals surface area contributed by atoms with E-state index >= 15 is 0 Å². The standard InChI is InChI=1S/C11H15ClO5S/c1-15-6-8-4-9(7-18(12,13)14)11(17-3)10(5-8)16-2/h4-5H,6-7H2,1-3H3. The number of methoxy groups -OCH3 is 3. The van der Waals surface area contributed by atoms with Gasteiger partial charge in [-0.05, 0) is 17.7 Å². The van der Waals surface area contributed by atoms with E-state index in [-0.39, 0.29) is 5.75 Å². The Morgan fingerprint density at radius 1 is 1.17 bits per heavy atom. The molecule has 7 heteroatoms. The van der Waals surface area contributed by atoms with Gasteiger partial charge in [-0.25, -0.2) is 8.42 Å². The van der Waals surface area contributed by atoms with Crippen molar-refractivity contribution in [3.8, 4) is 11.5 Å². The summed E-state index contributed by atoms with van der Waals surface area (Å²) in [4.78, 5) is 0. The van der Waals surface area contributed by atoms with E-state index in [0.717, 1.165) is 5.56 Å². The normalized spacial score (nSPS) is 11.3. The molecule has 0 N–H and O–H groups in total. The van der Waals surface area contributed by atoms with Gasteiger partial charge in [0.25, 0.3) is 0 Å². The minimum atomic E-state index is -3.67. The number of rotatable bonds is 6. The molecule has 0 radical (unpaired) electrons. The van der Waals surface area contributed by atoms with Crippen molar-refractivity contribution in [1.82, 2.24) is 0 Å². The molecule has 0 unspecified atom stereocenters. The van der Waals surface area contributed by atoms with Gasteiger partial charge in [-0.2, -0.15) is 0 Å². The Labute approximate surface area is 111 Å². The molecule has 0 amide bonds. The van der Waals surface area contributed by atoms with Crippen LogP contribution in [0.4, 0.5) is 0 Å². The molecule has 5 nitrogen and oxygen atoms in total. The molecule has 1 aromatic carbocycles. The maximum absolute atomic E-state index is 11.2. The molecule has 0 saturated heterocycles. The van der Waals surface area contributed by atoms with Crippen LogP contribution in [0.5, 0.6) is 11.5 Å².